The SMILES string of the molecule is CC(C)(C)OOC(C)(C)CC(C)(OOC(C)(C)C)OC(=O)OC(C)(CC(C)(C)OOC(C)(C)C)OOC(C)(C)C. The van der Waals surface area contributed by atoms with Gasteiger partial charge in [-0.2, -0.15) is 9.78 Å². The van der Waals surface area contributed by atoms with E-state index in [-0.39, 0.29) is 12.8 Å². The van der Waals surface area contributed by atoms with Crippen LogP contribution in [0.4, 0.5) is 4.79 Å². The van der Waals surface area contributed by atoms with Gasteiger partial charge in [-0.25, -0.2) is 34.1 Å². The molecule has 0 aromatic rings. The molecule has 2 atom stereocenters. The van der Waals surface area contributed by atoms with E-state index in [1.54, 1.807) is 69.2 Å². The molecule has 0 aliphatic carbocycles. The number of rotatable bonds is 14. The van der Waals surface area contributed by atoms with Gasteiger partial charge in [0.2, 0.25) is 11.6 Å². The largest absolute Gasteiger partial charge is 0.513 e. The fourth-order valence-electron chi connectivity index (χ4n) is 3.05. The maximum absolute atomic E-state index is 13.3. The molecular weight excluding hydrogens is 524 g/mol. The van der Waals surface area contributed by atoms with Crippen molar-refractivity contribution in [3.63, 3.8) is 0 Å². The second kappa shape index (κ2) is 13.5. The van der Waals surface area contributed by atoms with E-state index in [0.29, 0.717) is 0 Å². The van der Waals surface area contributed by atoms with Crippen LogP contribution in [0.1, 0.15) is 137 Å². The minimum atomic E-state index is -1.65. The smallest absolute Gasteiger partial charge is 0.399 e. The minimum absolute atomic E-state index is 0.0192. The molecule has 0 aromatic heterocycles. The third-order valence-electron chi connectivity index (χ3n) is 4.06. The van der Waals surface area contributed by atoms with Crippen molar-refractivity contribution in [2.24, 2.45) is 0 Å². The van der Waals surface area contributed by atoms with Gasteiger partial charge in [-0.15, -0.1) is 0 Å². The van der Waals surface area contributed by atoms with Gasteiger partial charge in [0.15, 0.2) is 0 Å². The highest BCUT2D eigenvalue weighted by molar-refractivity contribution is 5.61. The van der Waals surface area contributed by atoms with E-state index in [1.807, 2.05) is 41.5 Å². The Morgan fingerprint density at radius 2 is 0.600 bits per heavy atom. The average Bonchev–Trinajstić information content (AvgIpc) is 2.65. The molecule has 0 saturated heterocycles. The Labute approximate surface area is 242 Å². The van der Waals surface area contributed by atoms with Crippen LogP contribution in [-0.2, 0) is 48.6 Å². The fraction of sp³-hybridized carbons (Fsp3) is 0.966. The fourth-order valence-corrected chi connectivity index (χ4v) is 3.05. The topological polar surface area (TPSA) is 109 Å². The van der Waals surface area contributed by atoms with Gasteiger partial charge in [0.1, 0.15) is 11.2 Å². The molecule has 0 bridgehead atoms. The Kier molecular flexibility index (Phi) is 13.1. The van der Waals surface area contributed by atoms with Crippen LogP contribution in [0.25, 0.3) is 0 Å². The van der Waals surface area contributed by atoms with Gasteiger partial charge in [0.05, 0.1) is 22.4 Å². The van der Waals surface area contributed by atoms with Crippen molar-refractivity contribution in [3.8, 4) is 0 Å². The van der Waals surface area contributed by atoms with Gasteiger partial charge in [-0.1, -0.05) is 0 Å². The van der Waals surface area contributed by atoms with Gasteiger partial charge in [-0.05, 0) is 111 Å². The van der Waals surface area contributed by atoms with Crippen LogP contribution in [0.3, 0.4) is 0 Å². The molecule has 0 N–H and O–H groups in total. The first-order valence-electron chi connectivity index (χ1n) is 13.7. The number of hydrogen-bond donors (Lipinski definition) is 0. The second-order valence-corrected chi connectivity index (χ2v) is 15.7. The zero-order chi connectivity index (χ0) is 32.1. The number of hydrogen-bond acceptors (Lipinski definition) is 11. The lowest BCUT2D eigenvalue weighted by Crippen LogP contribution is -2.48. The van der Waals surface area contributed by atoms with E-state index in [9.17, 15) is 4.79 Å². The zero-order valence-electron chi connectivity index (χ0n) is 28.4. The molecule has 0 rings (SSSR count). The Hall–Kier alpha value is -1.05. The third-order valence-corrected chi connectivity index (χ3v) is 4.06. The van der Waals surface area contributed by atoms with E-state index in [4.69, 9.17) is 48.6 Å². The first kappa shape index (κ1) is 39.0. The molecule has 0 radical (unpaired) electrons. The first-order chi connectivity index (χ1) is 17.3. The minimum Gasteiger partial charge on any atom is -0.399 e. The summed E-state index contributed by atoms with van der Waals surface area (Å²) in [5, 5.41) is 0. The molecule has 0 amide bonds. The lowest BCUT2D eigenvalue weighted by molar-refractivity contribution is -0.477. The summed E-state index contributed by atoms with van der Waals surface area (Å²) < 4.78 is 11.4. The van der Waals surface area contributed by atoms with Gasteiger partial charge in [0, 0.05) is 26.7 Å². The van der Waals surface area contributed by atoms with Crippen LogP contribution in [0.5, 0.6) is 0 Å². The van der Waals surface area contributed by atoms with Gasteiger partial charge >= 0.3 is 6.16 Å². The van der Waals surface area contributed by atoms with E-state index in [1.165, 1.54) is 13.8 Å². The molecule has 2 unspecified atom stereocenters. The zero-order valence-corrected chi connectivity index (χ0v) is 28.4. The Morgan fingerprint density at radius 1 is 0.375 bits per heavy atom. The van der Waals surface area contributed by atoms with Crippen LogP contribution < -0.4 is 0 Å². The van der Waals surface area contributed by atoms with Gasteiger partial charge in [0.25, 0.3) is 0 Å². The van der Waals surface area contributed by atoms with E-state index in [2.05, 4.69) is 0 Å². The molecule has 0 spiro atoms. The second-order valence-electron chi connectivity index (χ2n) is 15.7. The molecular formula is C29H58O11. The normalized spacial score (nSPS) is 17.2. The van der Waals surface area contributed by atoms with Crippen molar-refractivity contribution in [2.45, 2.75) is 183 Å². The van der Waals surface area contributed by atoms with E-state index < -0.39 is 51.3 Å². The molecule has 11 nitrogen and oxygen atoms in total. The molecule has 40 heavy (non-hydrogen) atoms. The molecule has 0 aliphatic rings. The Balaban J connectivity index is 5.96. The van der Waals surface area contributed by atoms with Crippen LogP contribution >= 0.6 is 0 Å². The first-order valence-corrected chi connectivity index (χ1v) is 13.7. The summed E-state index contributed by atoms with van der Waals surface area (Å²) >= 11 is 0. The van der Waals surface area contributed by atoms with Gasteiger partial charge in [-0.3, -0.25) is 0 Å². The monoisotopic (exact) mass is 582 g/mol. The lowest BCUT2D eigenvalue weighted by atomic mass is 9.99. The lowest BCUT2D eigenvalue weighted by Gasteiger charge is -2.39. The molecule has 240 valence electrons. The van der Waals surface area contributed by atoms with Crippen molar-refractivity contribution in [3.05, 3.63) is 0 Å². The maximum Gasteiger partial charge on any atom is 0.513 e. The van der Waals surface area contributed by atoms with Crippen LogP contribution in [0, 0.1) is 0 Å². The number of carbonyl (C=O) groups is 1. The van der Waals surface area contributed by atoms with Crippen molar-refractivity contribution < 1.29 is 53.4 Å². The predicted molar refractivity (Wildman–Crippen MR) is 149 cm³/mol. The van der Waals surface area contributed by atoms with Crippen molar-refractivity contribution in [1.29, 1.82) is 0 Å². The van der Waals surface area contributed by atoms with Crippen LogP contribution in [0.2, 0.25) is 0 Å². The summed E-state index contributed by atoms with van der Waals surface area (Å²) in [4.78, 5) is 58.0. The Morgan fingerprint density at radius 3 is 0.825 bits per heavy atom. The molecule has 11 heteroatoms. The standard InChI is InChI=1S/C29H58O11/c1-22(2,3)33-37-26(13,14)19-28(17,39-35-24(7,8)9)31-21(30)32-29(18,40-36-25(10,11)12)20-27(15,16)38-34-23(4,5)6/h19-20H2,1-18H3. The molecule has 0 aromatic carbocycles. The van der Waals surface area contributed by atoms with Crippen LogP contribution in [0.15, 0.2) is 0 Å². The maximum atomic E-state index is 13.3. The summed E-state index contributed by atoms with van der Waals surface area (Å²) in [6.07, 6.45) is -1.06. The van der Waals surface area contributed by atoms with Crippen molar-refractivity contribution in [2.75, 3.05) is 0 Å². The molecule has 0 fully saturated rings. The molecule has 0 aliphatic heterocycles. The molecule has 0 saturated carbocycles. The van der Waals surface area contributed by atoms with E-state index in [0.717, 1.165) is 0 Å². The summed E-state index contributed by atoms with van der Waals surface area (Å²) in [7, 11) is 0. The highest BCUT2D eigenvalue weighted by Crippen LogP contribution is 2.35. The predicted octanol–water partition coefficient (Wildman–Crippen LogP) is 7.90. The number of carbonyl (C=O) groups excluding carboxylic acids is 1. The van der Waals surface area contributed by atoms with Crippen molar-refractivity contribution >= 4 is 6.16 Å². The third kappa shape index (κ3) is 19.9. The quantitative estimate of drug-likeness (QED) is 0.0862. The summed E-state index contributed by atoms with van der Waals surface area (Å²) in [6, 6.07) is 0. The number of ether oxygens (including phenoxy) is 2. The Bertz CT molecular complexity index is 718. The summed E-state index contributed by atoms with van der Waals surface area (Å²) in [5.74, 6) is -3.30. The molecule has 0 heterocycles. The van der Waals surface area contributed by atoms with Crippen LogP contribution in [-0.4, -0.2) is 51.3 Å². The van der Waals surface area contributed by atoms with E-state index >= 15 is 0 Å². The van der Waals surface area contributed by atoms with Gasteiger partial charge < -0.3 is 9.47 Å². The highest BCUT2D eigenvalue weighted by Gasteiger charge is 2.46. The average molecular weight is 583 g/mol. The van der Waals surface area contributed by atoms with Crippen molar-refractivity contribution in [1.82, 2.24) is 0 Å². The summed E-state index contributed by atoms with van der Waals surface area (Å²) in [5.41, 5.74) is -4.44. The summed E-state index contributed by atoms with van der Waals surface area (Å²) in [6.45, 7) is 32.1. The highest BCUT2D eigenvalue weighted by atomic mass is 17.3.